The average molecular weight is 377 g/mol. The summed E-state index contributed by atoms with van der Waals surface area (Å²) < 4.78 is 1.42. The summed E-state index contributed by atoms with van der Waals surface area (Å²) >= 11 is 0. The van der Waals surface area contributed by atoms with Crippen molar-refractivity contribution >= 4 is 23.2 Å². The fourth-order valence-corrected chi connectivity index (χ4v) is 2.83. The Bertz CT molecular complexity index is 1040. The molecule has 0 spiro atoms. The van der Waals surface area contributed by atoms with Crippen molar-refractivity contribution < 1.29 is 9.59 Å². The lowest BCUT2D eigenvalue weighted by Crippen LogP contribution is -2.21. The van der Waals surface area contributed by atoms with Crippen molar-refractivity contribution in [3.05, 3.63) is 70.5 Å². The number of nitrogens with one attached hydrogen (secondary N) is 2. The summed E-state index contributed by atoms with van der Waals surface area (Å²) in [6.07, 6.45) is 0. The van der Waals surface area contributed by atoms with Gasteiger partial charge in [0.15, 0.2) is 5.69 Å². The Morgan fingerprint density at radius 1 is 0.964 bits per heavy atom. The summed E-state index contributed by atoms with van der Waals surface area (Å²) in [5, 5.41) is 13.6. The van der Waals surface area contributed by atoms with Gasteiger partial charge in [-0.25, -0.2) is 4.68 Å². The molecule has 2 aromatic carbocycles. The molecule has 0 bridgehead atoms. The number of rotatable bonds is 5. The molecule has 0 fully saturated rings. The first-order valence-electron chi connectivity index (χ1n) is 8.98. The third kappa shape index (κ3) is 4.43. The van der Waals surface area contributed by atoms with Crippen LogP contribution in [0.1, 0.15) is 32.9 Å². The molecule has 0 atom stereocenters. The first-order chi connectivity index (χ1) is 13.3. The molecule has 28 heavy (non-hydrogen) atoms. The fourth-order valence-electron chi connectivity index (χ4n) is 2.83. The topological polar surface area (TPSA) is 88.9 Å². The average Bonchev–Trinajstić information content (AvgIpc) is 2.98. The van der Waals surface area contributed by atoms with Gasteiger partial charge in [0.1, 0.15) is 6.54 Å². The summed E-state index contributed by atoms with van der Waals surface area (Å²) in [5.74, 6) is -0.586. The van der Waals surface area contributed by atoms with E-state index >= 15 is 0 Å². The van der Waals surface area contributed by atoms with Crippen LogP contribution in [0.3, 0.4) is 0 Å². The normalized spacial score (nSPS) is 10.6. The van der Waals surface area contributed by atoms with Gasteiger partial charge >= 0.3 is 0 Å². The number of amides is 2. The van der Waals surface area contributed by atoms with Gasteiger partial charge in [-0.1, -0.05) is 29.5 Å². The molecular formula is C21H23N5O2. The van der Waals surface area contributed by atoms with Gasteiger partial charge < -0.3 is 10.6 Å². The number of aromatic nitrogens is 3. The Labute approximate surface area is 163 Å². The van der Waals surface area contributed by atoms with E-state index in [1.165, 1.54) is 4.68 Å². The predicted octanol–water partition coefficient (Wildman–Crippen LogP) is 3.40. The van der Waals surface area contributed by atoms with E-state index in [-0.39, 0.29) is 24.1 Å². The zero-order valence-corrected chi connectivity index (χ0v) is 16.4. The SMILES string of the molecule is Cc1cccc(NC(=O)Cn2nnc(C(=O)Nc3cc(C)ccc3C)c2C)c1. The standard InChI is InChI=1S/C21H23N5O2/c1-13-6-5-7-17(10-13)22-19(27)12-26-16(4)20(24-25-26)21(28)23-18-11-14(2)8-9-15(18)3/h5-11H,12H2,1-4H3,(H,22,27)(H,23,28). The lowest BCUT2D eigenvalue weighted by molar-refractivity contribution is -0.117. The maximum absolute atomic E-state index is 12.6. The summed E-state index contributed by atoms with van der Waals surface area (Å²) in [4.78, 5) is 24.9. The molecule has 1 aromatic heterocycles. The molecule has 0 aliphatic heterocycles. The number of carbonyl (C=O) groups is 2. The molecule has 2 amide bonds. The van der Waals surface area contributed by atoms with Crippen molar-refractivity contribution in [3.63, 3.8) is 0 Å². The lowest BCUT2D eigenvalue weighted by atomic mass is 10.1. The fraction of sp³-hybridized carbons (Fsp3) is 0.238. The van der Waals surface area contributed by atoms with Crippen LogP contribution in [0.25, 0.3) is 0 Å². The Hall–Kier alpha value is -3.48. The Morgan fingerprint density at radius 3 is 2.46 bits per heavy atom. The van der Waals surface area contributed by atoms with Gasteiger partial charge in [0.2, 0.25) is 5.91 Å². The van der Waals surface area contributed by atoms with Crippen molar-refractivity contribution in [2.75, 3.05) is 10.6 Å². The van der Waals surface area contributed by atoms with Gasteiger partial charge in [0, 0.05) is 11.4 Å². The first-order valence-corrected chi connectivity index (χ1v) is 8.98. The molecule has 0 unspecified atom stereocenters. The largest absolute Gasteiger partial charge is 0.324 e. The zero-order chi connectivity index (χ0) is 20.3. The summed E-state index contributed by atoms with van der Waals surface area (Å²) in [5.41, 5.74) is 5.24. The molecule has 2 N–H and O–H groups in total. The molecule has 1 heterocycles. The number of benzene rings is 2. The van der Waals surface area contributed by atoms with E-state index in [2.05, 4.69) is 20.9 Å². The molecule has 144 valence electrons. The van der Waals surface area contributed by atoms with Crippen molar-refractivity contribution in [2.45, 2.75) is 34.2 Å². The molecule has 0 saturated heterocycles. The van der Waals surface area contributed by atoms with Gasteiger partial charge in [0.05, 0.1) is 5.69 Å². The van der Waals surface area contributed by atoms with E-state index in [9.17, 15) is 9.59 Å². The van der Waals surface area contributed by atoms with Crippen molar-refractivity contribution in [1.29, 1.82) is 0 Å². The van der Waals surface area contributed by atoms with E-state index in [0.29, 0.717) is 5.69 Å². The second-order valence-corrected chi connectivity index (χ2v) is 6.87. The van der Waals surface area contributed by atoms with E-state index < -0.39 is 0 Å². The van der Waals surface area contributed by atoms with Gasteiger partial charge in [-0.15, -0.1) is 5.10 Å². The number of nitrogens with zero attached hydrogens (tertiary/aromatic N) is 3. The highest BCUT2D eigenvalue weighted by molar-refractivity contribution is 6.04. The Kier molecular flexibility index (Phi) is 5.54. The molecule has 0 aliphatic carbocycles. The maximum Gasteiger partial charge on any atom is 0.278 e. The van der Waals surface area contributed by atoms with Crippen LogP contribution in [-0.4, -0.2) is 26.8 Å². The highest BCUT2D eigenvalue weighted by Crippen LogP contribution is 2.18. The summed E-state index contributed by atoms with van der Waals surface area (Å²) in [6, 6.07) is 13.4. The number of carbonyl (C=O) groups excluding carboxylic acids is 2. The van der Waals surface area contributed by atoms with Crippen LogP contribution in [0.2, 0.25) is 0 Å². The van der Waals surface area contributed by atoms with Gasteiger partial charge in [0.25, 0.3) is 5.91 Å². The highest BCUT2D eigenvalue weighted by atomic mass is 16.2. The highest BCUT2D eigenvalue weighted by Gasteiger charge is 2.18. The number of anilines is 2. The van der Waals surface area contributed by atoms with Gasteiger partial charge in [-0.2, -0.15) is 0 Å². The van der Waals surface area contributed by atoms with E-state index in [1.807, 2.05) is 63.2 Å². The van der Waals surface area contributed by atoms with Crippen LogP contribution in [0.5, 0.6) is 0 Å². The van der Waals surface area contributed by atoms with E-state index in [1.54, 1.807) is 6.92 Å². The lowest BCUT2D eigenvalue weighted by Gasteiger charge is -2.09. The predicted molar refractivity (Wildman–Crippen MR) is 108 cm³/mol. The third-order valence-electron chi connectivity index (χ3n) is 4.43. The van der Waals surface area contributed by atoms with E-state index in [4.69, 9.17) is 0 Å². The summed E-state index contributed by atoms with van der Waals surface area (Å²) in [7, 11) is 0. The van der Waals surface area contributed by atoms with Crippen molar-refractivity contribution in [2.24, 2.45) is 0 Å². The minimum Gasteiger partial charge on any atom is -0.324 e. The zero-order valence-electron chi connectivity index (χ0n) is 16.4. The van der Waals surface area contributed by atoms with Crippen LogP contribution in [0, 0.1) is 27.7 Å². The minimum atomic E-state index is -0.350. The van der Waals surface area contributed by atoms with Crippen molar-refractivity contribution in [1.82, 2.24) is 15.0 Å². The molecule has 7 heteroatoms. The number of aryl methyl sites for hydroxylation is 3. The Balaban J connectivity index is 1.70. The molecule has 0 saturated carbocycles. The maximum atomic E-state index is 12.6. The minimum absolute atomic E-state index is 0.0243. The summed E-state index contributed by atoms with van der Waals surface area (Å²) in [6.45, 7) is 7.54. The third-order valence-corrected chi connectivity index (χ3v) is 4.43. The smallest absolute Gasteiger partial charge is 0.278 e. The molecule has 3 rings (SSSR count). The van der Waals surface area contributed by atoms with Crippen LogP contribution in [-0.2, 0) is 11.3 Å². The Morgan fingerprint density at radius 2 is 1.71 bits per heavy atom. The molecule has 7 nitrogen and oxygen atoms in total. The van der Waals surface area contributed by atoms with Crippen LogP contribution < -0.4 is 10.6 Å². The van der Waals surface area contributed by atoms with Crippen LogP contribution >= 0.6 is 0 Å². The van der Waals surface area contributed by atoms with Crippen molar-refractivity contribution in [3.8, 4) is 0 Å². The van der Waals surface area contributed by atoms with Crippen LogP contribution in [0.15, 0.2) is 42.5 Å². The second-order valence-electron chi connectivity index (χ2n) is 6.87. The van der Waals surface area contributed by atoms with Gasteiger partial charge in [-0.05, 0) is 62.6 Å². The molecular weight excluding hydrogens is 354 g/mol. The number of hydrogen-bond acceptors (Lipinski definition) is 4. The monoisotopic (exact) mass is 377 g/mol. The van der Waals surface area contributed by atoms with Crippen LogP contribution in [0.4, 0.5) is 11.4 Å². The number of hydrogen-bond donors (Lipinski definition) is 2. The quantitative estimate of drug-likeness (QED) is 0.713. The first kappa shape index (κ1) is 19.3. The second kappa shape index (κ2) is 8.04. The van der Waals surface area contributed by atoms with Gasteiger partial charge in [-0.3, -0.25) is 9.59 Å². The molecule has 0 radical (unpaired) electrons. The molecule has 0 aliphatic rings. The van der Waals surface area contributed by atoms with E-state index in [0.717, 1.165) is 28.1 Å². The molecule has 3 aromatic rings.